The molecule has 2 rings (SSSR count). The number of pyridine rings is 1. The fourth-order valence-corrected chi connectivity index (χ4v) is 3.01. The van der Waals surface area contributed by atoms with Gasteiger partial charge in [0.2, 0.25) is 0 Å². The number of nitrogens with zero attached hydrogens (tertiary/aromatic N) is 2. The molecule has 2 unspecified atom stereocenters. The molecule has 1 aliphatic heterocycles. The van der Waals surface area contributed by atoms with Crippen LogP contribution in [0.2, 0.25) is 0 Å². The molecule has 1 saturated heterocycles. The third kappa shape index (κ3) is 2.21. The number of hydrogen-bond acceptors (Lipinski definition) is 2. The summed E-state index contributed by atoms with van der Waals surface area (Å²) < 4.78 is 0. The van der Waals surface area contributed by atoms with Crippen LogP contribution in [-0.4, -0.2) is 17.6 Å². The van der Waals surface area contributed by atoms with Crippen LogP contribution in [0.3, 0.4) is 0 Å². The predicted octanol–water partition coefficient (Wildman–Crippen LogP) is 3.49. The Balaban J connectivity index is 2.19. The summed E-state index contributed by atoms with van der Waals surface area (Å²) in [5, 5.41) is 0. The highest BCUT2D eigenvalue weighted by Crippen LogP contribution is 2.31. The second-order valence-corrected chi connectivity index (χ2v) is 4.69. The SMILES string of the molecule is CCC1CCCN(c2cccnc2)C1CC. The lowest BCUT2D eigenvalue weighted by molar-refractivity contribution is 0.306. The zero-order valence-corrected chi connectivity index (χ0v) is 10.4. The number of aromatic nitrogens is 1. The van der Waals surface area contributed by atoms with Crippen molar-refractivity contribution < 1.29 is 0 Å². The lowest BCUT2D eigenvalue weighted by Crippen LogP contribution is -2.44. The molecule has 0 aromatic carbocycles. The fourth-order valence-electron chi connectivity index (χ4n) is 3.01. The van der Waals surface area contributed by atoms with E-state index in [2.05, 4.69) is 29.8 Å². The van der Waals surface area contributed by atoms with Crippen molar-refractivity contribution in [3.63, 3.8) is 0 Å². The minimum Gasteiger partial charge on any atom is -0.367 e. The van der Waals surface area contributed by atoms with Gasteiger partial charge in [0.05, 0.1) is 11.9 Å². The van der Waals surface area contributed by atoms with Crippen LogP contribution >= 0.6 is 0 Å². The number of rotatable bonds is 3. The van der Waals surface area contributed by atoms with Gasteiger partial charge in [-0.05, 0) is 37.3 Å². The predicted molar refractivity (Wildman–Crippen MR) is 68.7 cm³/mol. The maximum Gasteiger partial charge on any atom is 0.0555 e. The molecule has 2 heteroatoms. The first-order valence-electron chi connectivity index (χ1n) is 6.53. The first-order chi connectivity index (χ1) is 7.86. The summed E-state index contributed by atoms with van der Waals surface area (Å²) >= 11 is 0. The van der Waals surface area contributed by atoms with Gasteiger partial charge in [-0.1, -0.05) is 20.3 Å². The van der Waals surface area contributed by atoms with Gasteiger partial charge in [-0.3, -0.25) is 4.98 Å². The van der Waals surface area contributed by atoms with Crippen molar-refractivity contribution in [2.24, 2.45) is 5.92 Å². The van der Waals surface area contributed by atoms with E-state index in [1.807, 2.05) is 18.5 Å². The van der Waals surface area contributed by atoms with Crippen molar-refractivity contribution in [2.45, 2.75) is 45.6 Å². The Morgan fingerprint density at radius 2 is 2.25 bits per heavy atom. The van der Waals surface area contributed by atoms with Gasteiger partial charge in [0, 0.05) is 18.8 Å². The molecule has 1 aromatic heterocycles. The molecule has 2 atom stereocenters. The quantitative estimate of drug-likeness (QED) is 0.772. The smallest absolute Gasteiger partial charge is 0.0555 e. The summed E-state index contributed by atoms with van der Waals surface area (Å²) in [4.78, 5) is 6.80. The van der Waals surface area contributed by atoms with Gasteiger partial charge >= 0.3 is 0 Å². The summed E-state index contributed by atoms with van der Waals surface area (Å²) in [6.07, 6.45) is 9.12. The largest absolute Gasteiger partial charge is 0.367 e. The molecule has 0 saturated carbocycles. The number of piperidine rings is 1. The zero-order chi connectivity index (χ0) is 11.4. The van der Waals surface area contributed by atoms with Crippen molar-refractivity contribution in [2.75, 3.05) is 11.4 Å². The topological polar surface area (TPSA) is 16.1 Å². The van der Waals surface area contributed by atoms with Gasteiger partial charge in [-0.15, -0.1) is 0 Å². The van der Waals surface area contributed by atoms with Crippen LogP contribution < -0.4 is 4.90 Å². The highest BCUT2D eigenvalue weighted by Gasteiger charge is 2.28. The minimum atomic E-state index is 0.711. The fraction of sp³-hybridized carbons (Fsp3) is 0.643. The number of hydrogen-bond donors (Lipinski definition) is 0. The molecule has 0 radical (unpaired) electrons. The summed E-state index contributed by atoms with van der Waals surface area (Å²) in [6, 6.07) is 4.94. The van der Waals surface area contributed by atoms with E-state index in [-0.39, 0.29) is 0 Å². The first kappa shape index (κ1) is 11.4. The Morgan fingerprint density at radius 1 is 1.38 bits per heavy atom. The van der Waals surface area contributed by atoms with Crippen molar-refractivity contribution >= 4 is 5.69 Å². The molecule has 1 aliphatic rings. The van der Waals surface area contributed by atoms with Crippen molar-refractivity contribution in [3.05, 3.63) is 24.5 Å². The monoisotopic (exact) mass is 218 g/mol. The normalized spacial score (nSPS) is 25.8. The molecule has 0 spiro atoms. The molecule has 0 N–H and O–H groups in total. The summed E-state index contributed by atoms with van der Waals surface area (Å²) in [5.74, 6) is 0.860. The average molecular weight is 218 g/mol. The summed E-state index contributed by atoms with van der Waals surface area (Å²) in [6.45, 7) is 5.82. The maximum atomic E-state index is 4.24. The molecule has 2 heterocycles. The molecule has 0 bridgehead atoms. The van der Waals surface area contributed by atoms with E-state index in [0.29, 0.717) is 6.04 Å². The molecular weight excluding hydrogens is 196 g/mol. The Labute approximate surface area is 98.7 Å². The van der Waals surface area contributed by atoms with Gasteiger partial charge in [0.15, 0.2) is 0 Å². The second kappa shape index (κ2) is 5.33. The highest BCUT2D eigenvalue weighted by atomic mass is 15.2. The van der Waals surface area contributed by atoms with Crippen LogP contribution in [0.1, 0.15) is 39.5 Å². The van der Waals surface area contributed by atoms with E-state index in [1.54, 1.807) is 0 Å². The first-order valence-corrected chi connectivity index (χ1v) is 6.53. The maximum absolute atomic E-state index is 4.24. The Bertz CT molecular complexity index is 310. The van der Waals surface area contributed by atoms with Gasteiger partial charge in [-0.25, -0.2) is 0 Å². The van der Waals surface area contributed by atoms with Crippen LogP contribution in [0.25, 0.3) is 0 Å². The van der Waals surface area contributed by atoms with Gasteiger partial charge < -0.3 is 4.90 Å². The van der Waals surface area contributed by atoms with Crippen LogP contribution in [0.15, 0.2) is 24.5 Å². The van der Waals surface area contributed by atoms with E-state index in [1.165, 1.54) is 37.9 Å². The highest BCUT2D eigenvalue weighted by molar-refractivity contribution is 5.45. The van der Waals surface area contributed by atoms with E-state index < -0.39 is 0 Å². The third-order valence-corrected chi connectivity index (χ3v) is 3.84. The molecule has 16 heavy (non-hydrogen) atoms. The van der Waals surface area contributed by atoms with E-state index >= 15 is 0 Å². The van der Waals surface area contributed by atoms with E-state index in [4.69, 9.17) is 0 Å². The lowest BCUT2D eigenvalue weighted by Gasteiger charge is -2.42. The third-order valence-electron chi connectivity index (χ3n) is 3.84. The Morgan fingerprint density at radius 3 is 2.88 bits per heavy atom. The molecular formula is C14H22N2. The molecule has 1 fully saturated rings. The Hall–Kier alpha value is -1.05. The lowest BCUT2D eigenvalue weighted by atomic mass is 9.85. The number of anilines is 1. The second-order valence-electron chi connectivity index (χ2n) is 4.69. The molecule has 1 aromatic rings. The molecule has 0 amide bonds. The van der Waals surface area contributed by atoms with Crippen LogP contribution in [-0.2, 0) is 0 Å². The molecule has 0 aliphatic carbocycles. The van der Waals surface area contributed by atoms with Crippen LogP contribution in [0.4, 0.5) is 5.69 Å². The van der Waals surface area contributed by atoms with E-state index in [0.717, 1.165) is 5.92 Å². The van der Waals surface area contributed by atoms with Crippen LogP contribution in [0.5, 0.6) is 0 Å². The molecule has 88 valence electrons. The van der Waals surface area contributed by atoms with Crippen molar-refractivity contribution in [1.29, 1.82) is 0 Å². The summed E-state index contributed by atoms with van der Waals surface area (Å²) in [7, 11) is 0. The van der Waals surface area contributed by atoms with Gasteiger partial charge in [0.1, 0.15) is 0 Å². The van der Waals surface area contributed by atoms with Crippen molar-refractivity contribution in [3.8, 4) is 0 Å². The molecule has 2 nitrogen and oxygen atoms in total. The zero-order valence-electron chi connectivity index (χ0n) is 10.4. The van der Waals surface area contributed by atoms with Crippen molar-refractivity contribution in [1.82, 2.24) is 4.98 Å². The summed E-state index contributed by atoms with van der Waals surface area (Å²) in [5.41, 5.74) is 1.30. The minimum absolute atomic E-state index is 0.711. The standard InChI is InChI=1S/C14H22N2/c1-3-12-7-6-10-16(14(12)4-2)13-8-5-9-15-11-13/h5,8-9,11-12,14H,3-4,6-7,10H2,1-2H3. The van der Waals surface area contributed by atoms with E-state index in [9.17, 15) is 0 Å². The average Bonchev–Trinajstić information content (AvgIpc) is 2.38. The van der Waals surface area contributed by atoms with Gasteiger partial charge in [-0.2, -0.15) is 0 Å². The van der Waals surface area contributed by atoms with Gasteiger partial charge in [0.25, 0.3) is 0 Å². The Kier molecular flexibility index (Phi) is 3.81. The van der Waals surface area contributed by atoms with Crippen LogP contribution in [0, 0.1) is 5.92 Å².